The number of rotatable bonds is 14. The monoisotopic (exact) mass is 378 g/mol. The molecule has 0 N–H and O–H groups in total. The molecule has 0 aliphatic carbocycles. The maximum Gasteiger partial charge on any atom is 0.204 e. The largest absolute Gasteiger partial charge is 0.416 e. The first-order chi connectivity index (χ1) is 11.0. The van der Waals surface area contributed by atoms with E-state index in [0.717, 1.165) is 13.2 Å². The standard InChI is InChI=1S/C18H42O2SSi2/c1-9-17(22(13-5,14-6)19-11-3)21-18(10-2)23(15-7,16-8)20-12-4/h17-18H,9-16H2,1-8H3. The van der Waals surface area contributed by atoms with Crippen LogP contribution in [0.2, 0.25) is 24.2 Å². The second kappa shape index (κ2) is 12.1. The van der Waals surface area contributed by atoms with Crippen LogP contribution in [0.4, 0.5) is 0 Å². The average molecular weight is 379 g/mol. The summed E-state index contributed by atoms with van der Waals surface area (Å²) in [6.07, 6.45) is 2.47. The summed E-state index contributed by atoms with van der Waals surface area (Å²) in [5, 5.41) is 0. The highest BCUT2D eigenvalue weighted by atomic mass is 32.2. The molecular formula is C18H42O2SSi2. The Morgan fingerprint density at radius 3 is 1.09 bits per heavy atom. The van der Waals surface area contributed by atoms with E-state index in [1.807, 2.05) is 0 Å². The van der Waals surface area contributed by atoms with Crippen molar-refractivity contribution in [3.8, 4) is 0 Å². The zero-order chi connectivity index (χ0) is 17.9. The van der Waals surface area contributed by atoms with Gasteiger partial charge in [-0.1, -0.05) is 41.5 Å². The highest BCUT2D eigenvalue weighted by Gasteiger charge is 2.46. The van der Waals surface area contributed by atoms with E-state index in [0.29, 0.717) is 9.75 Å². The molecule has 140 valence electrons. The predicted molar refractivity (Wildman–Crippen MR) is 112 cm³/mol. The maximum atomic E-state index is 6.46. The molecule has 0 aliphatic heterocycles. The summed E-state index contributed by atoms with van der Waals surface area (Å²) in [6, 6.07) is 4.95. The van der Waals surface area contributed by atoms with Gasteiger partial charge in [0.15, 0.2) is 0 Å². The zero-order valence-corrected chi connectivity index (χ0v) is 19.9. The zero-order valence-electron chi connectivity index (χ0n) is 17.0. The van der Waals surface area contributed by atoms with Crippen molar-refractivity contribution in [2.45, 2.75) is 102 Å². The minimum Gasteiger partial charge on any atom is -0.416 e. The van der Waals surface area contributed by atoms with Gasteiger partial charge in [0, 0.05) is 23.0 Å². The molecule has 2 unspecified atom stereocenters. The molecule has 0 saturated carbocycles. The molecule has 0 spiro atoms. The summed E-state index contributed by atoms with van der Waals surface area (Å²) < 4.78 is 12.9. The first-order valence-corrected chi connectivity index (χ1v) is 15.7. The summed E-state index contributed by atoms with van der Waals surface area (Å²) in [7, 11) is -3.30. The molecule has 0 aromatic carbocycles. The Hall–Kier alpha value is 0.704. The maximum absolute atomic E-state index is 6.46. The summed E-state index contributed by atoms with van der Waals surface area (Å²) in [4.78, 5) is 1.40. The van der Waals surface area contributed by atoms with E-state index >= 15 is 0 Å². The van der Waals surface area contributed by atoms with Crippen LogP contribution in [0.1, 0.15) is 68.2 Å². The van der Waals surface area contributed by atoms with Gasteiger partial charge in [-0.2, -0.15) is 11.8 Å². The van der Waals surface area contributed by atoms with Crippen molar-refractivity contribution in [3.63, 3.8) is 0 Å². The second-order valence-corrected chi connectivity index (χ2v) is 17.6. The predicted octanol–water partition coefficient (Wildman–Crippen LogP) is 6.40. The van der Waals surface area contributed by atoms with Crippen molar-refractivity contribution < 1.29 is 8.85 Å². The van der Waals surface area contributed by atoms with Crippen molar-refractivity contribution >= 4 is 28.4 Å². The summed E-state index contributed by atoms with van der Waals surface area (Å²) in [5.41, 5.74) is 0. The van der Waals surface area contributed by atoms with E-state index in [1.54, 1.807) is 0 Å². The van der Waals surface area contributed by atoms with Gasteiger partial charge < -0.3 is 8.85 Å². The van der Waals surface area contributed by atoms with Crippen LogP contribution in [-0.2, 0) is 8.85 Å². The Labute approximate surface area is 152 Å². The third kappa shape index (κ3) is 5.87. The van der Waals surface area contributed by atoms with Crippen LogP contribution in [0.15, 0.2) is 0 Å². The first-order valence-electron chi connectivity index (χ1n) is 9.92. The van der Waals surface area contributed by atoms with Gasteiger partial charge in [-0.25, -0.2) is 0 Å². The molecular weight excluding hydrogens is 336 g/mol. The quantitative estimate of drug-likeness (QED) is 0.326. The molecule has 23 heavy (non-hydrogen) atoms. The van der Waals surface area contributed by atoms with Crippen molar-refractivity contribution in [3.05, 3.63) is 0 Å². The molecule has 0 heterocycles. The Bertz CT molecular complexity index is 267. The number of hydrogen-bond acceptors (Lipinski definition) is 3. The van der Waals surface area contributed by atoms with Crippen molar-refractivity contribution in [2.75, 3.05) is 13.2 Å². The lowest BCUT2D eigenvalue weighted by atomic mass is 10.6. The lowest BCUT2D eigenvalue weighted by Crippen LogP contribution is -2.53. The Morgan fingerprint density at radius 1 is 0.609 bits per heavy atom. The van der Waals surface area contributed by atoms with E-state index in [-0.39, 0.29) is 0 Å². The SMILES string of the molecule is CCO[Si](CC)(CC)C(CC)SC(CC)[Si](CC)(CC)OCC. The van der Waals surface area contributed by atoms with E-state index < -0.39 is 16.6 Å². The highest BCUT2D eigenvalue weighted by molar-refractivity contribution is 8.03. The molecule has 0 aromatic rings. The van der Waals surface area contributed by atoms with Crippen LogP contribution in [0.3, 0.4) is 0 Å². The first kappa shape index (κ1) is 23.7. The molecule has 0 fully saturated rings. The van der Waals surface area contributed by atoms with E-state index in [2.05, 4.69) is 67.2 Å². The summed E-state index contributed by atoms with van der Waals surface area (Å²) in [6.45, 7) is 20.2. The number of thioether (sulfide) groups is 1. The molecule has 0 aromatic heterocycles. The topological polar surface area (TPSA) is 18.5 Å². The summed E-state index contributed by atoms with van der Waals surface area (Å²) in [5.74, 6) is 0. The molecule has 2 nitrogen and oxygen atoms in total. The third-order valence-corrected chi connectivity index (χ3v) is 19.9. The Kier molecular flexibility index (Phi) is 12.5. The van der Waals surface area contributed by atoms with Gasteiger partial charge in [0.05, 0.1) is 0 Å². The lowest BCUT2D eigenvalue weighted by Gasteiger charge is -2.42. The van der Waals surface area contributed by atoms with Crippen molar-refractivity contribution in [2.24, 2.45) is 0 Å². The van der Waals surface area contributed by atoms with Gasteiger partial charge in [-0.05, 0) is 50.9 Å². The van der Waals surface area contributed by atoms with Crippen LogP contribution < -0.4 is 0 Å². The molecule has 0 amide bonds. The third-order valence-electron chi connectivity index (χ3n) is 5.50. The van der Waals surface area contributed by atoms with E-state index in [9.17, 15) is 0 Å². The van der Waals surface area contributed by atoms with Gasteiger partial charge in [-0.15, -0.1) is 0 Å². The Balaban J connectivity index is 5.45. The van der Waals surface area contributed by atoms with Crippen molar-refractivity contribution in [1.29, 1.82) is 0 Å². The lowest BCUT2D eigenvalue weighted by molar-refractivity contribution is 0.316. The van der Waals surface area contributed by atoms with Crippen LogP contribution in [0.5, 0.6) is 0 Å². The molecule has 0 aliphatic rings. The number of hydrogen-bond donors (Lipinski definition) is 0. The molecule has 0 rings (SSSR count). The van der Waals surface area contributed by atoms with E-state index in [4.69, 9.17) is 8.85 Å². The summed E-state index contributed by atoms with van der Waals surface area (Å²) >= 11 is 2.26. The van der Waals surface area contributed by atoms with Gasteiger partial charge >= 0.3 is 0 Å². The van der Waals surface area contributed by atoms with Gasteiger partial charge in [0.1, 0.15) is 0 Å². The molecule has 0 radical (unpaired) electrons. The fourth-order valence-electron chi connectivity index (χ4n) is 3.96. The Morgan fingerprint density at radius 2 is 0.913 bits per heavy atom. The normalized spacial score (nSPS) is 15.7. The smallest absolute Gasteiger partial charge is 0.204 e. The minimum atomic E-state index is -1.65. The minimum absolute atomic E-state index is 0.702. The molecule has 0 bridgehead atoms. The fourth-order valence-corrected chi connectivity index (χ4v) is 17.2. The van der Waals surface area contributed by atoms with Crippen LogP contribution in [0.25, 0.3) is 0 Å². The van der Waals surface area contributed by atoms with Crippen molar-refractivity contribution in [1.82, 2.24) is 0 Å². The molecule has 0 saturated heterocycles. The van der Waals surface area contributed by atoms with Gasteiger partial charge in [0.2, 0.25) is 16.6 Å². The fraction of sp³-hybridized carbons (Fsp3) is 1.00. The highest BCUT2D eigenvalue weighted by Crippen LogP contribution is 2.40. The van der Waals surface area contributed by atoms with Crippen LogP contribution in [0, 0.1) is 0 Å². The average Bonchev–Trinajstić information content (AvgIpc) is 2.59. The van der Waals surface area contributed by atoms with E-state index in [1.165, 1.54) is 37.0 Å². The van der Waals surface area contributed by atoms with Crippen LogP contribution in [-0.4, -0.2) is 39.6 Å². The van der Waals surface area contributed by atoms with Gasteiger partial charge in [-0.3, -0.25) is 0 Å². The molecule has 5 heteroatoms. The molecule has 2 atom stereocenters. The van der Waals surface area contributed by atoms with Crippen LogP contribution >= 0.6 is 11.8 Å². The second-order valence-electron chi connectivity index (χ2n) is 6.34. The van der Waals surface area contributed by atoms with Gasteiger partial charge in [0.25, 0.3) is 0 Å².